The Bertz CT molecular complexity index is 1960. The van der Waals surface area contributed by atoms with E-state index in [9.17, 15) is 14.7 Å². The number of hydrogen-bond acceptors (Lipinski definition) is 18. The minimum Gasteiger partial charge on any atom is -0.469 e. The van der Waals surface area contributed by atoms with Crippen molar-refractivity contribution < 1.29 is 67.0 Å². The number of aromatic nitrogens is 1. The summed E-state index contributed by atoms with van der Waals surface area (Å²) >= 11 is 0. The molecule has 0 bridgehead atoms. The summed E-state index contributed by atoms with van der Waals surface area (Å²) in [6, 6.07) is 16.3. The molecule has 0 spiro atoms. The maximum atomic E-state index is 12.8. The van der Waals surface area contributed by atoms with Gasteiger partial charge in [-0.25, -0.2) is 4.84 Å². The second-order valence-electron chi connectivity index (χ2n) is 13.9. The van der Waals surface area contributed by atoms with Gasteiger partial charge in [0.1, 0.15) is 11.5 Å². The minimum absolute atomic E-state index is 0.0929. The van der Waals surface area contributed by atoms with E-state index >= 15 is 0 Å². The SMILES string of the molecule is O=C(NCCOCCOCCOCCOCCOCCNc1cccc2c1ON(C1CCONO1)O2)c1cc2cc(N3CCC(O)(C(=O)NCCc4ccco4)O3)ccc2[nH]1. The molecule has 3 aliphatic rings. The Labute approximate surface area is 351 Å². The highest BCUT2D eigenvalue weighted by molar-refractivity contribution is 5.98. The first-order chi connectivity index (χ1) is 29.9. The summed E-state index contributed by atoms with van der Waals surface area (Å²) < 4.78 is 33.2. The van der Waals surface area contributed by atoms with E-state index in [0.29, 0.717) is 135 Å². The van der Waals surface area contributed by atoms with Crippen molar-refractivity contribution in [1.82, 2.24) is 26.5 Å². The fourth-order valence-electron chi connectivity index (χ4n) is 6.37. The van der Waals surface area contributed by atoms with Crippen LogP contribution in [0.15, 0.2) is 65.3 Å². The van der Waals surface area contributed by atoms with Gasteiger partial charge in [-0.1, -0.05) is 11.7 Å². The first kappa shape index (κ1) is 44.0. The average molecular weight is 856 g/mol. The molecule has 2 saturated heterocycles. The number of hydrogen-bond donors (Lipinski definition) is 6. The van der Waals surface area contributed by atoms with Crippen LogP contribution in [-0.4, -0.2) is 138 Å². The zero-order chi connectivity index (χ0) is 42.1. The molecule has 2 unspecified atom stereocenters. The number of aliphatic hydroxyl groups is 1. The molecule has 2 amide bonds. The van der Waals surface area contributed by atoms with Crippen molar-refractivity contribution in [3.8, 4) is 11.5 Å². The number of furan rings is 1. The van der Waals surface area contributed by atoms with Gasteiger partial charge < -0.3 is 63.8 Å². The predicted octanol–water partition coefficient (Wildman–Crippen LogP) is 1.96. The Balaban J connectivity index is 0.654. The van der Waals surface area contributed by atoms with Crippen molar-refractivity contribution in [2.75, 3.05) is 109 Å². The summed E-state index contributed by atoms with van der Waals surface area (Å²) in [5.41, 5.74) is 4.94. The molecule has 3 aliphatic heterocycles. The molecule has 21 nitrogen and oxygen atoms in total. The molecule has 5 heterocycles. The summed E-state index contributed by atoms with van der Waals surface area (Å²) in [4.78, 5) is 56.1. The number of rotatable bonds is 26. The van der Waals surface area contributed by atoms with Crippen molar-refractivity contribution in [1.29, 1.82) is 0 Å². The number of fused-ring (bicyclic) bond motifs is 2. The van der Waals surface area contributed by atoms with Gasteiger partial charge in [-0.3, -0.25) is 24.3 Å². The fraction of sp³-hybridized carbons (Fsp3) is 0.500. The summed E-state index contributed by atoms with van der Waals surface area (Å²) in [7, 11) is 0. The lowest BCUT2D eigenvalue weighted by atomic mass is 10.2. The predicted molar refractivity (Wildman–Crippen MR) is 215 cm³/mol. The van der Waals surface area contributed by atoms with E-state index in [0.717, 1.165) is 22.4 Å². The zero-order valence-electron chi connectivity index (χ0n) is 33.7. The lowest BCUT2D eigenvalue weighted by molar-refractivity contribution is -0.376. The maximum absolute atomic E-state index is 12.8. The Morgan fingerprint density at radius 1 is 0.836 bits per heavy atom. The van der Waals surface area contributed by atoms with E-state index in [1.54, 1.807) is 24.5 Å². The molecule has 2 aromatic carbocycles. The molecule has 21 heteroatoms. The van der Waals surface area contributed by atoms with Crippen LogP contribution in [0.3, 0.4) is 0 Å². The molecule has 0 saturated carbocycles. The Hall–Kier alpha value is -5.04. The number of anilines is 2. The number of carbonyl (C=O) groups excluding carboxylic acids is 2. The van der Waals surface area contributed by atoms with Gasteiger partial charge in [0.15, 0.2) is 5.75 Å². The lowest BCUT2D eigenvalue weighted by Crippen LogP contribution is -2.48. The van der Waals surface area contributed by atoms with Crippen LogP contribution in [0.25, 0.3) is 10.9 Å². The second-order valence-corrected chi connectivity index (χ2v) is 13.9. The number of ether oxygens (including phenoxy) is 5. The topological polar surface area (TPSA) is 230 Å². The molecule has 0 radical (unpaired) electrons. The lowest BCUT2D eigenvalue weighted by Gasteiger charge is -2.26. The largest absolute Gasteiger partial charge is 0.469 e. The number of benzene rings is 2. The third kappa shape index (κ3) is 12.7. The Morgan fingerprint density at radius 3 is 2.31 bits per heavy atom. The van der Waals surface area contributed by atoms with Gasteiger partial charge in [-0.05, 0) is 48.5 Å². The van der Waals surface area contributed by atoms with E-state index in [1.807, 2.05) is 36.4 Å². The van der Waals surface area contributed by atoms with E-state index in [-0.39, 0.29) is 12.3 Å². The molecule has 332 valence electrons. The van der Waals surface area contributed by atoms with Gasteiger partial charge in [0, 0.05) is 49.8 Å². The number of nitrogens with zero attached hydrogens (tertiary/aromatic N) is 2. The molecule has 2 atom stereocenters. The van der Waals surface area contributed by atoms with Gasteiger partial charge in [0.05, 0.1) is 102 Å². The maximum Gasteiger partial charge on any atom is 0.282 e. The first-order valence-electron chi connectivity index (χ1n) is 20.3. The summed E-state index contributed by atoms with van der Waals surface area (Å²) in [6.07, 6.45) is 2.29. The zero-order valence-corrected chi connectivity index (χ0v) is 33.7. The monoisotopic (exact) mass is 855 g/mol. The van der Waals surface area contributed by atoms with Crippen molar-refractivity contribution in [3.05, 3.63) is 72.3 Å². The highest BCUT2D eigenvalue weighted by Crippen LogP contribution is 2.41. The number of carbonyl (C=O) groups is 2. The molecular formula is C40H53N7O14. The van der Waals surface area contributed by atoms with Gasteiger partial charge in [0.2, 0.25) is 12.0 Å². The van der Waals surface area contributed by atoms with E-state index in [2.05, 4.69) is 26.6 Å². The Morgan fingerprint density at radius 2 is 1.59 bits per heavy atom. The van der Waals surface area contributed by atoms with Crippen LogP contribution in [0.4, 0.5) is 11.4 Å². The van der Waals surface area contributed by atoms with E-state index in [4.69, 9.17) is 52.3 Å². The second kappa shape index (κ2) is 22.7. The number of aromatic amines is 1. The van der Waals surface area contributed by atoms with Gasteiger partial charge in [-0.15, -0.1) is 0 Å². The van der Waals surface area contributed by atoms with E-state index in [1.165, 1.54) is 10.3 Å². The van der Waals surface area contributed by atoms with Crippen LogP contribution in [0.1, 0.15) is 29.1 Å². The number of amides is 2. The van der Waals surface area contributed by atoms with Crippen LogP contribution < -0.4 is 36.3 Å². The van der Waals surface area contributed by atoms with E-state index < -0.39 is 17.9 Å². The van der Waals surface area contributed by atoms with Crippen LogP contribution in [0, 0.1) is 0 Å². The normalized spacial score (nSPS) is 18.8. The number of nitrogens with one attached hydrogen (secondary N) is 5. The first-order valence-corrected chi connectivity index (χ1v) is 20.3. The summed E-state index contributed by atoms with van der Waals surface area (Å²) in [5.74, 6) is -0.972. The third-order valence-electron chi connectivity index (χ3n) is 9.52. The molecule has 2 aromatic heterocycles. The average Bonchev–Trinajstić information content (AvgIpc) is 4.12. The van der Waals surface area contributed by atoms with Crippen LogP contribution >= 0.6 is 0 Å². The van der Waals surface area contributed by atoms with Gasteiger partial charge >= 0.3 is 0 Å². The third-order valence-corrected chi connectivity index (χ3v) is 9.52. The molecule has 0 aliphatic carbocycles. The molecule has 6 N–H and O–H groups in total. The molecule has 61 heavy (non-hydrogen) atoms. The standard InChI is InChI=1S/C40H53N7O14/c48-38(34-28-29-27-30(6-7-32(29)44-34)46-14-10-40(50,61-46)39(49)43-11-8-31-3-2-15-56-31)42-13-18-52-20-22-54-24-26-55-25-23-53-21-19-51-17-12-41-33-4-1-5-35-37(33)60-47(59-35)36-9-16-57-45-58-36/h1-7,15,27-28,36,41,44-45,50H,8-14,16-26H2,(H,42,48)(H,43,49). The minimum atomic E-state index is -1.98. The number of hydroxylamine groups is 3. The van der Waals surface area contributed by atoms with Crippen molar-refractivity contribution in [2.24, 2.45) is 0 Å². The molecule has 4 aromatic rings. The molecular weight excluding hydrogens is 802 g/mol. The highest BCUT2D eigenvalue weighted by Gasteiger charge is 2.45. The van der Waals surface area contributed by atoms with Crippen molar-refractivity contribution in [2.45, 2.75) is 31.3 Å². The highest BCUT2D eigenvalue weighted by atomic mass is 17.0. The van der Waals surface area contributed by atoms with Crippen LogP contribution in [0.2, 0.25) is 0 Å². The van der Waals surface area contributed by atoms with Crippen molar-refractivity contribution >= 4 is 34.1 Å². The fourth-order valence-corrected chi connectivity index (χ4v) is 6.37. The molecule has 2 fully saturated rings. The van der Waals surface area contributed by atoms with Gasteiger partial charge in [0.25, 0.3) is 17.6 Å². The molecule has 7 rings (SSSR count). The smallest absolute Gasteiger partial charge is 0.282 e. The summed E-state index contributed by atoms with van der Waals surface area (Å²) in [5, 5.41) is 23.2. The Kier molecular flexibility index (Phi) is 16.4. The summed E-state index contributed by atoms with van der Waals surface area (Å²) in [6.45, 7) is 6.18. The quantitative estimate of drug-likeness (QED) is 0.0496. The van der Waals surface area contributed by atoms with Crippen LogP contribution in [0.5, 0.6) is 11.5 Å². The number of H-pyrrole nitrogens is 1. The van der Waals surface area contributed by atoms with Crippen molar-refractivity contribution in [3.63, 3.8) is 0 Å². The number of para-hydroxylation sites is 1. The van der Waals surface area contributed by atoms with Gasteiger partial charge in [-0.2, -0.15) is 0 Å². The van der Waals surface area contributed by atoms with Crippen LogP contribution in [-0.2, 0) is 49.4 Å².